The first-order chi connectivity index (χ1) is 10.2. The molecule has 0 fully saturated rings. The molecule has 0 aliphatic heterocycles. The van der Waals surface area contributed by atoms with E-state index in [9.17, 15) is 10.1 Å². The quantitative estimate of drug-likeness (QED) is 0.765. The summed E-state index contributed by atoms with van der Waals surface area (Å²) in [5, 5.41) is 20.2. The summed E-state index contributed by atoms with van der Waals surface area (Å²) < 4.78 is 0. The van der Waals surface area contributed by atoms with Gasteiger partial charge in [0.2, 0.25) is 0 Å². The molecule has 3 aromatic carbocycles. The van der Waals surface area contributed by atoms with Gasteiger partial charge in [-0.05, 0) is 34.5 Å². The molecule has 0 aromatic heterocycles. The maximum Gasteiger partial charge on any atom is 0.335 e. The lowest BCUT2D eigenvalue weighted by Crippen LogP contribution is -1.96. The van der Waals surface area contributed by atoms with Crippen LogP contribution in [0.1, 0.15) is 15.9 Å². The molecule has 3 aromatic rings. The van der Waals surface area contributed by atoms with Crippen molar-refractivity contribution >= 4 is 16.7 Å². The number of nitrogens with zero attached hydrogens (tertiary/aromatic N) is 1. The van der Waals surface area contributed by atoms with Gasteiger partial charge >= 0.3 is 5.97 Å². The van der Waals surface area contributed by atoms with Gasteiger partial charge in [-0.15, -0.1) is 0 Å². The predicted octanol–water partition coefficient (Wildman–Crippen LogP) is 4.08. The van der Waals surface area contributed by atoms with Crippen molar-refractivity contribution in [2.24, 2.45) is 0 Å². The van der Waals surface area contributed by atoms with E-state index in [4.69, 9.17) is 5.11 Å². The number of hydrogen-bond acceptors (Lipinski definition) is 2. The van der Waals surface area contributed by atoms with Crippen LogP contribution in [0, 0.1) is 11.3 Å². The summed E-state index contributed by atoms with van der Waals surface area (Å²) in [5.74, 6) is -0.958. The molecule has 0 aliphatic rings. The summed E-state index contributed by atoms with van der Waals surface area (Å²) in [7, 11) is 0. The summed E-state index contributed by atoms with van der Waals surface area (Å²) >= 11 is 0. The first kappa shape index (κ1) is 12.9. The van der Waals surface area contributed by atoms with Gasteiger partial charge in [-0.1, -0.05) is 42.5 Å². The molecule has 0 heterocycles. The first-order valence-electron chi connectivity index (χ1n) is 6.46. The van der Waals surface area contributed by atoms with Crippen molar-refractivity contribution < 1.29 is 9.90 Å². The van der Waals surface area contributed by atoms with Gasteiger partial charge in [0.05, 0.1) is 17.2 Å². The molecular weight excluding hydrogens is 262 g/mol. The van der Waals surface area contributed by atoms with E-state index in [2.05, 4.69) is 6.07 Å². The van der Waals surface area contributed by atoms with Crippen molar-refractivity contribution in [1.29, 1.82) is 5.26 Å². The lowest BCUT2D eigenvalue weighted by atomic mass is 9.94. The highest BCUT2D eigenvalue weighted by atomic mass is 16.4. The van der Waals surface area contributed by atoms with Crippen molar-refractivity contribution in [1.82, 2.24) is 0 Å². The van der Waals surface area contributed by atoms with Crippen LogP contribution in [-0.4, -0.2) is 11.1 Å². The number of benzene rings is 3. The summed E-state index contributed by atoms with van der Waals surface area (Å²) in [5.41, 5.74) is 2.50. The van der Waals surface area contributed by atoms with E-state index in [1.807, 2.05) is 36.4 Å². The Morgan fingerprint density at radius 3 is 2.48 bits per heavy atom. The van der Waals surface area contributed by atoms with Gasteiger partial charge in [-0.2, -0.15) is 5.26 Å². The van der Waals surface area contributed by atoms with Gasteiger partial charge in [0.15, 0.2) is 0 Å². The van der Waals surface area contributed by atoms with E-state index < -0.39 is 5.97 Å². The second-order valence-electron chi connectivity index (χ2n) is 4.70. The molecule has 3 heteroatoms. The molecular formula is C18H11NO2. The highest BCUT2D eigenvalue weighted by molar-refractivity contribution is 6.01. The Kier molecular flexibility index (Phi) is 3.13. The maximum absolute atomic E-state index is 11.2. The Balaban J connectivity index is 2.35. The molecule has 0 saturated carbocycles. The van der Waals surface area contributed by atoms with E-state index in [0.717, 1.165) is 21.9 Å². The zero-order valence-electron chi connectivity index (χ0n) is 11.1. The lowest BCUT2D eigenvalue weighted by molar-refractivity contribution is 0.0697. The monoisotopic (exact) mass is 273 g/mol. The van der Waals surface area contributed by atoms with Gasteiger partial charge in [-0.3, -0.25) is 0 Å². The molecule has 3 nitrogen and oxygen atoms in total. The summed E-state index contributed by atoms with van der Waals surface area (Å²) in [6, 6.07) is 20.3. The van der Waals surface area contributed by atoms with Gasteiger partial charge in [0.1, 0.15) is 0 Å². The standard InChI is InChI=1S/C18H11NO2/c19-11-14-4-1-2-6-15(14)16-7-3-5-12-8-9-13(18(20)21)10-17(12)16/h1-10H,(H,20,21). The number of carboxylic acid groups (broad SMARTS) is 1. The van der Waals surface area contributed by atoms with Crippen LogP contribution in [-0.2, 0) is 0 Å². The molecule has 0 atom stereocenters. The molecule has 0 saturated heterocycles. The van der Waals surface area contributed by atoms with E-state index in [0.29, 0.717) is 5.56 Å². The van der Waals surface area contributed by atoms with Crippen molar-refractivity contribution in [3.05, 3.63) is 71.8 Å². The molecule has 0 radical (unpaired) electrons. The van der Waals surface area contributed by atoms with E-state index in [1.165, 1.54) is 0 Å². The largest absolute Gasteiger partial charge is 0.478 e. The fraction of sp³-hybridized carbons (Fsp3) is 0. The van der Waals surface area contributed by atoms with Gasteiger partial charge in [-0.25, -0.2) is 4.79 Å². The highest BCUT2D eigenvalue weighted by Crippen LogP contribution is 2.31. The first-order valence-corrected chi connectivity index (χ1v) is 6.46. The third kappa shape index (κ3) is 2.24. The molecule has 0 aliphatic carbocycles. The molecule has 21 heavy (non-hydrogen) atoms. The zero-order valence-corrected chi connectivity index (χ0v) is 11.1. The molecule has 0 amide bonds. The zero-order chi connectivity index (χ0) is 14.8. The second-order valence-corrected chi connectivity index (χ2v) is 4.70. The van der Waals surface area contributed by atoms with Gasteiger partial charge < -0.3 is 5.11 Å². The van der Waals surface area contributed by atoms with Crippen molar-refractivity contribution in [2.45, 2.75) is 0 Å². The van der Waals surface area contributed by atoms with Crippen LogP contribution < -0.4 is 0 Å². The molecule has 1 N–H and O–H groups in total. The fourth-order valence-corrected chi connectivity index (χ4v) is 2.46. The second kappa shape index (κ2) is 5.10. The van der Waals surface area contributed by atoms with E-state index >= 15 is 0 Å². The number of rotatable bonds is 2. The van der Waals surface area contributed by atoms with Crippen LogP contribution in [0.3, 0.4) is 0 Å². The fourth-order valence-electron chi connectivity index (χ4n) is 2.46. The third-order valence-corrected chi connectivity index (χ3v) is 3.47. The summed E-state index contributed by atoms with van der Waals surface area (Å²) in [6.45, 7) is 0. The molecule has 0 bridgehead atoms. The Morgan fingerprint density at radius 1 is 0.952 bits per heavy atom. The smallest absolute Gasteiger partial charge is 0.335 e. The van der Waals surface area contributed by atoms with Crippen molar-refractivity contribution in [3.8, 4) is 17.2 Å². The minimum Gasteiger partial charge on any atom is -0.478 e. The highest BCUT2D eigenvalue weighted by Gasteiger charge is 2.10. The predicted molar refractivity (Wildman–Crippen MR) is 81.1 cm³/mol. The third-order valence-electron chi connectivity index (χ3n) is 3.47. The number of carboxylic acids is 1. The minimum atomic E-state index is -0.958. The number of aromatic carboxylic acids is 1. The minimum absolute atomic E-state index is 0.240. The topological polar surface area (TPSA) is 61.1 Å². The maximum atomic E-state index is 11.2. The number of carbonyl (C=O) groups is 1. The van der Waals surface area contributed by atoms with Crippen LogP contribution in [0.4, 0.5) is 0 Å². The van der Waals surface area contributed by atoms with E-state index in [1.54, 1.807) is 24.3 Å². The summed E-state index contributed by atoms with van der Waals surface area (Å²) in [4.78, 5) is 11.2. The normalized spacial score (nSPS) is 10.2. The van der Waals surface area contributed by atoms with Crippen LogP contribution in [0.15, 0.2) is 60.7 Å². The molecule has 0 unspecified atom stereocenters. The Hall–Kier alpha value is -3.12. The average molecular weight is 273 g/mol. The number of fused-ring (bicyclic) bond motifs is 1. The molecule has 0 spiro atoms. The van der Waals surface area contributed by atoms with Gasteiger partial charge in [0.25, 0.3) is 0 Å². The number of nitriles is 1. The Bertz CT molecular complexity index is 891. The van der Waals surface area contributed by atoms with E-state index in [-0.39, 0.29) is 5.56 Å². The van der Waals surface area contributed by atoms with Gasteiger partial charge in [0, 0.05) is 5.56 Å². The number of hydrogen-bond donors (Lipinski definition) is 1. The van der Waals surface area contributed by atoms with Crippen molar-refractivity contribution in [2.75, 3.05) is 0 Å². The molecule has 100 valence electrons. The van der Waals surface area contributed by atoms with Crippen LogP contribution >= 0.6 is 0 Å². The van der Waals surface area contributed by atoms with Crippen molar-refractivity contribution in [3.63, 3.8) is 0 Å². The Morgan fingerprint density at radius 2 is 1.71 bits per heavy atom. The molecule has 3 rings (SSSR count). The van der Waals surface area contributed by atoms with Crippen LogP contribution in [0.25, 0.3) is 21.9 Å². The summed E-state index contributed by atoms with van der Waals surface area (Å²) in [6.07, 6.45) is 0. The van der Waals surface area contributed by atoms with Crippen LogP contribution in [0.5, 0.6) is 0 Å². The SMILES string of the molecule is N#Cc1ccccc1-c1cccc2ccc(C(=O)O)cc12. The Labute approximate surface area is 121 Å². The average Bonchev–Trinajstić information content (AvgIpc) is 2.53. The lowest BCUT2D eigenvalue weighted by Gasteiger charge is -2.09. The van der Waals surface area contributed by atoms with Crippen LogP contribution in [0.2, 0.25) is 0 Å².